The summed E-state index contributed by atoms with van der Waals surface area (Å²) < 4.78 is 0. The Balaban J connectivity index is 1.64. The fourth-order valence-electron chi connectivity index (χ4n) is 3.38. The van der Waals surface area contributed by atoms with Gasteiger partial charge in [-0.2, -0.15) is 15.1 Å². The van der Waals surface area contributed by atoms with E-state index in [1.54, 1.807) is 6.20 Å². The number of aromatic amines is 1. The third-order valence-corrected chi connectivity index (χ3v) is 4.43. The van der Waals surface area contributed by atoms with Gasteiger partial charge in [0, 0.05) is 25.6 Å². The van der Waals surface area contributed by atoms with Gasteiger partial charge < -0.3 is 16.0 Å². The van der Waals surface area contributed by atoms with Crippen LogP contribution in [0.5, 0.6) is 0 Å². The zero-order valence-corrected chi connectivity index (χ0v) is 11.5. The summed E-state index contributed by atoms with van der Waals surface area (Å²) in [4.78, 5) is 22.3. The van der Waals surface area contributed by atoms with E-state index < -0.39 is 0 Å². The third-order valence-electron chi connectivity index (χ3n) is 4.43. The number of aromatic nitrogens is 4. The van der Waals surface area contributed by atoms with Crippen LogP contribution in [0.3, 0.4) is 0 Å². The van der Waals surface area contributed by atoms with E-state index in [4.69, 9.17) is 5.73 Å². The molecule has 4 N–H and O–H groups in total. The first-order valence-electron chi connectivity index (χ1n) is 7.21. The number of rotatable bonds is 1. The Kier molecular flexibility index (Phi) is 2.69. The highest BCUT2D eigenvalue weighted by atomic mass is 16.1. The van der Waals surface area contributed by atoms with E-state index in [0.29, 0.717) is 24.0 Å². The molecule has 8 nitrogen and oxygen atoms in total. The number of nitrogens with zero attached hydrogens (tertiary/aromatic N) is 4. The summed E-state index contributed by atoms with van der Waals surface area (Å²) in [6, 6.07) is 0.293. The number of carbonyl (C=O) groups is 1. The lowest BCUT2D eigenvalue weighted by atomic mass is 9.85. The van der Waals surface area contributed by atoms with Crippen LogP contribution in [0, 0.1) is 5.92 Å². The van der Waals surface area contributed by atoms with Crippen LogP contribution in [-0.2, 0) is 4.79 Å². The number of nitrogen functional groups attached to an aromatic ring is 1. The van der Waals surface area contributed by atoms with Gasteiger partial charge in [0.1, 0.15) is 5.82 Å². The molecule has 2 atom stereocenters. The third kappa shape index (κ3) is 2.07. The number of hydrogen-bond donors (Lipinski definition) is 3. The molecule has 2 saturated heterocycles. The maximum Gasteiger partial charge on any atom is 0.224 e. The van der Waals surface area contributed by atoms with Crippen molar-refractivity contribution in [1.82, 2.24) is 25.5 Å². The molecule has 1 amide bonds. The molecule has 2 aromatic rings. The highest BCUT2D eigenvalue weighted by Gasteiger charge is 2.34. The molecule has 0 bridgehead atoms. The van der Waals surface area contributed by atoms with E-state index in [-0.39, 0.29) is 11.9 Å². The lowest BCUT2D eigenvalue weighted by Crippen LogP contribution is -2.54. The maximum atomic E-state index is 11.5. The van der Waals surface area contributed by atoms with Gasteiger partial charge in [0.05, 0.1) is 11.6 Å². The Morgan fingerprint density at radius 2 is 2.24 bits per heavy atom. The average Bonchev–Trinajstić information content (AvgIpc) is 2.94. The van der Waals surface area contributed by atoms with Crippen molar-refractivity contribution in [3.63, 3.8) is 0 Å². The van der Waals surface area contributed by atoms with Crippen LogP contribution in [-0.4, -0.2) is 45.2 Å². The van der Waals surface area contributed by atoms with Gasteiger partial charge in [-0.25, -0.2) is 0 Å². The van der Waals surface area contributed by atoms with Crippen LogP contribution < -0.4 is 16.0 Å². The number of anilines is 2. The number of nitrogens with one attached hydrogen (secondary N) is 2. The predicted octanol–water partition coefficient (Wildman–Crippen LogP) is 0.0400. The van der Waals surface area contributed by atoms with Gasteiger partial charge in [0.2, 0.25) is 11.9 Å². The molecule has 2 aliphatic rings. The molecular weight excluding hydrogens is 270 g/mol. The Labute approximate surface area is 121 Å². The molecule has 2 aromatic heterocycles. The lowest BCUT2D eigenvalue weighted by molar-refractivity contribution is -0.124. The van der Waals surface area contributed by atoms with Crippen molar-refractivity contribution in [3.8, 4) is 0 Å². The first-order valence-corrected chi connectivity index (χ1v) is 7.21. The summed E-state index contributed by atoms with van der Waals surface area (Å²) in [5.41, 5.74) is 6.45. The van der Waals surface area contributed by atoms with Gasteiger partial charge in [-0.05, 0) is 18.8 Å². The number of nitrogens with two attached hydrogens (primary N) is 1. The number of fused-ring (bicyclic) bond motifs is 2. The van der Waals surface area contributed by atoms with Gasteiger partial charge in [0.15, 0.2) is 5.65 Å². The fourth-order valence-corrected chi connectivity index (χ4v) is 3.38. The average molecular weight is 287 g/mol. The number of hydrogen-bond acceptors (Lipinski definition) is 6. The van der Waals surface area contributed by atoms with Crippen molar-refractivity contribution in [2.45, 2.75) is 25.3 Å². The molecule has 8 heteroatoms. The molecule has 0 saturated carbocycles. The van der Waals surface area contributed by atoms with E-state index in [1.807, 2.05) is 0 Å². The van der Waals surface area contributed by atoms with Crippen LogP contribution in [0.1, 0.15) is 19.3 Å². The summed E-state index contributed by atoms with van der Waals surface area (Å²) in [7, 11) is 0. The van der Waals surface area contributed by atoms with Gasteiger partial charge in [-0.1, -0.05) is 0 Å². The van der Waals surface area contributed by atoms with Crippen LogP contribution >= 0.6 is 0 Å². The van der Waals surface area contributed by atoms with Crippen molar-refractivity contribution < 1.29 is 4.79 Å². The molecule has 0 radical (unpaired) electrons. The van der Waals surface area contributed by atoms with Gasteiger partial charge in [0.25, 0.3) is 0 Å². The summed E-state index contributed by atoms with van der Waals surface area (Å²) in [6.45, 7) is 1.72. The summed E-state index contributed by atoms with van der Waals surface area (Å²) >= 11 is 0. The SMILES string of the molecule is Nc1nc(N2CCC3NC(=O)CCC3C2)c2cn[nH]c2n1. The zero-order chi connectivity index (χ0) is 14.4. The maximum absolute atomic E-state index is 11.5. The minimum atomic E-state index is 0.174. The normalized spacial score (nSPS) is 25.7. The number of amides is 1. The molecule has 0 aromatic carbocycles. The number of carbonyl (C=O) groups excluding carboxylic acids is 1. The van der Waals surface area contributed by atoms with Crippen LogP contribution in [0.15, 0.2) is 6.20 Å². The standard InChI is InChI=1S/C13H17N7O/c14-13-17-11-8(5-15-19-11)12(18-13)20-4-3-9-7(6-20)1-2-10(21)16-9/h5,7,9H,1-4,6H2,(H,16,21)(H3,14,15,17,18,19). The topological polar surface area (TPSA) is 113 Å². The minimum Gasteiger partial charge on any atom is -0.368 e. The van der Waals surface area contributed by atoms with Gasteiger partial charge in [-0.15, -0.1) is 0 Å². The molecule has 2 unspecified atom stereocenters. The smallest absolute Gasteiger partial charge is 0.224 e. The van der Waals surface area contributed by atoms with Crippen molar-refractivity contribution in [2.75, 3.05) is 23.7 Å². The highest BCUT2D eigenvalue weighted by molar-refractivity contribution is 5.87. The second-order valence-electron chi connectivity index (χ2n) is 5.75. The van der Waals surface area contributed by atoms with Gasteiger partial charge >= 0.3 is 0 Å². The summed E-state index contributed by atoms with van der Waals surface area (Å²) in [6.07, 6.45) is 4.21. The summed E-state index contributed by atoms with van der Waals surface area (Å²) in [5.74, 6) is 1.73. The van der Waals surface area contributed by atoms with E-state index in [2.05, 4.69) is 30.4 Å². The Morgan fingerprint density at radius 3 is 3.14 bits per heavy atom. The molecule has 0 aliphatic carbocycles. The van der Waals surface area contributed by atoms with E-state index in [9.17, 15) is 4.79 Å². The van der Waals surface area contributed by atoms with Crippen molar-refractivity contribution in [2.24, 2.45) is 5.92 Å². The van der Waals surface area contributed by atoms with Crippen molar-refractivity contribution in [1.29, 1.82) is 0 Å². The first kappa shape index (κ1) is 12.4. The summed E-state index contributed by atoms with van der Waals surface area (Å²) in [5, 5.41) is 10.8. The molecule has 4 rings (SSSR count). The number of piperidine rings is 2. The zero-order valence-electron chi connectivity index (χ0n) is 11.5. The first-order chi connectivity index (χ1) is 10.2. The molecule has 4 heterocycles. The fraction of sp³-hybridized carbons (Fsp3) is 0.538. The molecule has 2 fully saturated rings. The molecule has 21 heavy (non-hydrogen) atoms. The van der Waals surface area contributed by atoms with E-state index in [1.165, 1.54) is 0 Å². The highest BCUT2D eigenvalue weighted by Crippen LogP contribution is 2.31. The molecule has 0 spiro atoms. The van der Waals surface area contributed by atoms with Gasteiger partial charge in [-0.3, -0.25) is 9.89 Å². The molecule has 110 valence electrons. The van der Waals surface area contributed by atoms with Crippen molar-refractivity contribution >= 4 is 28.7 Å². The number of H-pyrrole nitrogens is 1. The minimum absolute atomic E-state index is 0.174. The van der Waals surface area contributed by atoms with E-state index >= 15 is 0 Å². The monoisotopic (exact) mass is 287 g/mol. The quantitative estimate of drug-likeness (QED) is 0.682. The van der Waals surface area contributed by atoms with Crippen molar-refractivity contribution in [3.05, 3.63) is 6.20 Å². The predicted molar refractivity (Wildman–Crippen MR) is 77.6 cm³/mol. The van der Waals surface area contributed by atoms with E-state index in [0.717, 1.165) is 37.1 Å². The second kappa shape index (κ2) is 4.57. The Bertz CT molecular complexity index is 697. The Hall–Kier alpha value is -2.38. The molecule has 2 aliphatic heterocycles. The lowest BCUT2D eigenvalue weighted by Gasteiger charge is -2.42. The van der Waals surface area contributed by atoms with Crippen LogP contribution in [0.2, 0.25) is 0 Å². The van der Waals surface area contributed by atoms with Crippen LogP contribution in [0.25, 0.3) is 11.0 Å². The second-order valence-corrected chi connectivity index (χ2v) is 5.75. The Morgan fingerprint density at radius 1 is 1.33 bits per heavy atom. The largest absolute Gasteiger partial charge is 0.368 e. The molecular formula is C13H17N7O. The van der Waals surface area contributed by atoms with Crippen LogP contribution in [0.4, 0.5) is 11.8 Å².